The molecular weight excluding hydrogens is 230 g/mol. The number of pyridine rings is 2. The maximum atomic E-state index is 10.7. The number of hydrogen-bond donors (Lipinski definition) is 0. The normalized spacial score (nSPS) is 10.7. The first-order valence-corrected chi connectivity index (χ1v) is 4.95. The van der Waals surface area contributed by atoms with E-state index in [1.165, 1.54) is 0 Å². The van der Waals surface area contributed by atoms with E-state index in [4.69, 9.17) is 11.6 Å². The van der Waals surface area contributed by atoms with Crippen LogP contribution in [0, 0.1) is 24.0 Å². The second-order valence-electron chi connectivity index (χ2n) is 3.46. The molecule has 0 bridgehead atoms. The summed E-state index contributed by atoms with van der Waals surface area (Å²) in [5, 5.41) is 11.4. The highest BCUT2D eigenvalue weighted by molar-refractivity contribution is 6.37. The van der Waals surface area contributed by atoms with Crippen LogP contribution < -0.4 is 0 Å². The van der Waals surface area contributed by atoms with E-state index in [-0.39, 0.29) is 10.7 Å². The molecule has 0 saturated heterocycles. The number of aromatic nitrogens is 2. The zero-order valence-electron chi connectivity index (χ0n) is 8.69. The second kappa shape index (κ2) is 3.68. The number of fused-ring (bicyclic) bond motifs is 1. The lowest BCUT2D eigenvalue weighted by Crippen LogP contribution is -1.95. The van der Waals surface area contributed by atoms with Crippen molar-refractivity contribution in [1.29, 1.82) is 0 Å². The second-order valence-corrected chi connectivity index (χ2v) is 3.84. The van der Waals surface area contributed by atoms with Crippen LogP contribution in [0.5, 0.6) is 0 Å². The molecule has 0 aliphatic rings. The lowest BCUT2D eigenvalue weighted by molar-refractivity contribution is -0.384. The first kappa shape index (κ1) is 10.8. The molecule has 0 radical (unpaired) electrons. The zero-order chi connectivity index (χ0) is 11.9. The number of rotatable bonds is 1. The summed E-state index contributed by atoms with van der Waals surface area (Å²) >= 11 is 5.97. The molecule has 0 N–H and O–H groups in total. The summed E-state index contributed by atoms with van der Waals surface area (Å²) in [5.74, 6) is 0. The molecule has 6 heteroatoms. The molecule has 82 valence electrons. The average molecular weight is 238 g/mol. The molecular formula is C10H8ClN3O2. The fraction of sp³-hybridized carbons (Fsp3) is 0.200. The quantitative estimate of drug-likeness (QED) is 0.565. The van der Waals surface area contributed by atoms with Crippen LogP contribution in [0.2, 0.25) is 5.02 Å². The van der Waals surface area contributed by atoms with Gasteiger partial charge in [0.2, 0.25) is 0 Å². The number of nitrogens with zero attached hydrogens (tertiary/aromatic N) is 3. The van der Waals surface area contributed by atoms with Gasteiger partial charge in [0.15, 0.2) is 0 Å². The third kappa shape index (κ3) is 1.59. The fourth-order valence-electron chi connectivity index (χ4n) is 1.60. The number of halogens is 1. The van der Waals surface area contributed by atoms with Crippen molar-refractivity contribution in [3.8, 4) is 0 Å². The molecule has 0 saturated carbocycles. The Bertz CT molecular complexity index is 598. The molecule has 16 heavy (non-hydrogen) atoms. The van der Waals surface area contributed by atoms with Crippen molar-refractivity contribution in [3.05, 3.63) is 38.8 Å². The highest BCUT2D eigenvalue weighted by atomic mass is 35.5. The van der Waals surface area contributed by atoms with Crippen molar-refractivity contribution in [2.45, 2.75) is 13.8 Å². The van der Waals surface area contributed by atoms with Crippen molar-refractivity contribution < 1.29 is 4.92 Å². The van der Waals surface area contributed by atoms with Gasteiger partial charge < -0.3 is 0 Å². The summed E-state index contributed by atoms with van der Waals surface area (Å²) in [6.45, 7) is 3.60. The minimum atomic E-state index is -0.542. The molecule has 2 aromatic heterocycles. The predicted octanol–water partition coefficient (Wildman–Crippen LogP) is 2.81. The standard InChI is InChI=1S/C10H8ClN3O2/c1-5-3-7-9(11)8(14(15)16)4-12-10(7)6(2)13-5/h3-4H,1-2H3. The third-order valence-corrected chi connectivity index (χ3v) is 2.67. The van der Waals surface area contributed by atoms with Crippen molar-refractivity contribution >= 4 is 28.2 Å². The van der Waals surface area contributed by atoms with E-state index in [1.54, 1.807) is 13.0 Å². The summed E-state index contributed by atoms with van der Waals surface area (Å²) < 4.78 is 0. The molecule has 0 unspecified atom stereocenters. The fourth-order valence-corrected chi connectivity index (χ4v) is 1.86. The van der Waals surface area contributed by atoms with Gasteiger partial charge in [-0.05, 0) is 19.9 Å². The van der Waals surface area contributed by atoms with E-state index in [0.29, 0.717) is 16.6 Å². The van der Waals surface area contributed by atoms with E-state index >= 15 is 0 Å². The number of aryl methyl sites for hydroxylation is 2. The van der Waals surface area contributed by atoms with E-state index in [2.05, 4.69) is 9.97 Å². The summed E-state index contributed by atoms with van der Waals surface area (Å²) in [6.07, 6.45) is 1.16. The van der Waals surface area contributed by atoms with Gasteiger partial charge in [-0.1, -0.05) is 11.6 Å². The Labute approximate surface area is 96.2 Å². The van der Waals surface area contributed by atoms with Gasteiger partial charge in [0.1, 0.15) is 11.2 Å². The summed E-state index contributed by atoms with van der Waals surface area (Å²) in [7, 11) is 0. The molecule has 0 aliphatic carbocycles. The maximum Gasteiger partial charge on any atom is 0.306 e. The van der Waals surface area contributed by atoms with Gasteiger partial charge in [0, 0.05) is 11.1 Å². The van der Waals surface area contributed by atoms with Crippen molar-refractivity contribution in [1.82, 2.24) is 9.97 Å². The topological polar surface area (TPSA) is 68.9 Å². The molecule has 0 aromatic carbocycles. The molecule has 2 rings (SSSR count). The Morgan fingerprint density at radius 2 is 2.12 bits per heavy atom. The highest BCUT2D eigenvalue weighted by Crippen LogP contribution is 2.31. The van der Waals surface area contributed by atoms with Gasteiger partial charge in [-0.25, -0.2) is 4.98 Å². The molecule has 0 fully saturated rings. The van der Waals surface area contributed by atoms with Crippen LogP contribution in [0.15, 0.2) is 12.3 Å². The first-order chi connectivity index (χ1) is 7.50. The summed E-state index contributed by atoms with van der Waals surface area (Å²) in [4.78, 5) is 18.4. The maximum absolute atomic E-state index is 10.7. The average Bonchev–Trinajstić information content (AvgIpc) is 2.19. The van der Waals surface area contributed by atoms with Crippen LogP contribution in [0.25, 0.3) is 10.9 Å². The molecule has 0 aliphatic heterocycles. The van der Waals surface area contributed by atoms with Crippen LogP contribution in [0.1, 0.15) is 11.4 Å². The Morgan fingerprint density at radius 3 is 2.75 bits per heavy atom. The Hall–Kier alpha value is -1.75. The van der Waals surface area contributed by atoms with Gasteiger partial charge in [-0.2, -0.15) is 0 Å². The monoisotopic (exact) mass is 237 g/mol. The smallest absolute Gasteiger partial charge is 0.258 e. The Balaban J connectivity index is 2.89. The third-order valence-electron chi connectivity index (χ3n) is 2.27. The van der Waals surface area contributed by atoms with Crippen LogP contribution in [0.4, 0.5) is 5.69 Å². The van der Waals surface area contributed by atoms with Crippen LogP contribution in [-0.2, 0) is 0 Å². The molecule has 0 amide bonds. The molecule has 5 nitrogen and oxygen atoms in total. The summed E-state index contributed by atoms with van der Waals surface area (Å²) in [6, 6.07) is 1.70. The van der Waals surface area contributed by atoms with Gasteiger partial charge in [-0.15, -0.1) is 0 Å². The zero-order valence-corrected chi connectivity index (χ0v) is 9.45. The lowest BCUT2D eigenvalue weighted by atomic mass is 10.2. The van der Waals surface area contributed by atoms with Gasteiger partial charge in [0.05, 0.1) is 16.1 Å². The van der Waals surface area contributed by atoms with Crippen LogP contribution in [-0.4, -0.2) is 14.9 Å². The van der Waals surface area contributed by atoms with E-state index in [0.717, 1.165) is 11.9 Å². The predicted molar refractivity (Wildman–Crippen MR) is 60.7 cm³/mol. The van der Waals surface area contributed by atoms with E-state index in [1.807, 2.05) is 6.92 Å². The summed E-state index contributed by atoms with van der Waals surface area (Å²) in [5.41, 5.74) is 1.89. The SMILES string of the molecule is Cc1cc2c(Cl)c([N+](=O)[O-])cnc2c(C)n1. The van der Waals surface area contributed by atoms with Crippen molar-refractivity contribution in [2.75, 3.05) is 0 Å². The van der Waals surface area contributed by atoms with Gasteiger partial charge >= 0.3 is 5.69 Å². The van der Waals surface area contributed by atoms with Crippen LogP contribution in [0.3, 0.4) is 0 Å². The lowest BCUT2D eigenvalue weighted by Gasteiger charge is -2.04. The van der Waals surface area contributed by atoms with E-state index < -0.39 is 4.92 Å². The van der Waals surface area contributed by atoms with Gasteiger partial charge in [0.25, 0.3) is 0 Å². The van der Waals surface area contributed by atoms with E-state index in [9.17, 15) is 10.1 Å². The largest absolute Gasteiger partial charge is 0.306 e. The number of hydrogen-bond acceptors (Lipinski definition) is 4. The van der Waals surface area contributed by atoms with Crippen molar-refractivity contribution in [3.63, 3.8) is 0 Å². The molecule has 2 heterocycles. The molecule has 0 atom stereocenters. The minimum Gasteiger partial charge on any atom is -0.258 e. The van der Waals surface area contributed by atoms with Crippen LogP contribution >= 0.6 is 11.6 Å². The first-order valence-electron chi connectivity index (χ1n) is 4.57. The Morgan fingerprint density at radius 1 is 1.44 bits per heavy atom. The van der Waals surface area contributed by atoms with Crippen molar-refractivity contribution in [2.24, 2.45) is 0 Å². The highest BCUT2D eigenvalue weighted by Gasteiger charge is 2.17. The number of nitro groups is 1. The molecule has 2 aromatic rings. The van der Waals surface area contributed by atoms with Gasteiger partial charge in [-0.3, -0.25) is 15.1 Å². The Kier molecular flexibility index (Phi) is 2.47. The minimum absolute atomic E-state index is 0.114. The molecule has 0 spiro atoms.